The summed E-state index contributed by atoms with van der Waals surface area (Å²) >= 11 is 0. The fourth-order valence-electron chi connectivity index (χ4n) is 1.53. The minimum Gasteiger partial charge on any atom is -0.376 e. The van der Waals surface area contributed by atoms with Gasteiger partial charge in [-0.1, -0.05) is 44.2 Å². The Kier molecular flexibility index (Phi) is 4.98. The Hall–Kier alpha value is -0.580. The van der Waals surface area contributed by atoms with Gasteiger partial charge in [-0.3, -0.25) is 0 Å². The summed E-state index contributed by atoms with van der Waals surface area (Å²) in [5.74, 6) is -0.0870. The van der Waals surface area contributed by atoms with Crippen LogP contribution in [0.2, 0.25) is 0 Å². The van der Waals surface area contributed by atoms with E-state index in [1.165, 1.54) is 0 Å². The molecule has 1 rings (SSSR count). The molecule has 0 aliphatic rings. The fourth-order valence-corrected chi connectivity index (χ4v) is 3.43. The lowest BCUT2D eigenvalue weighted by atomic mass is 9.98. The van der Waals surface area contributed by atoms with Crippen LogP contribution in [0.5, 0.6) is 0 Å². The van der Waals surface area contributed by atoms with E-state index >= 15 is 0 Å². The van der Waals surface area contributed by atoms with Gasteiger partial charge in [-0.05, 0) is 5.56 Å². The maximum atomic E-state index is 11.0. The van der Waals surface area contributed by atoms with E-state index in [9.17, 15) is 8.42 Å². The van der Waals surface area contributed by atoms with Crippen LogP contribution in [0.3, 0.4) is 0 Å². The summed E-state index contributed by atoms with van der Waals surface area (Å²) in [5.41, 5.74) is 0.590. The van der Waals surface area contributed by atoms with Crippen molar-refractivity contribution in [3.8, 4) is 0 Å². The first-order chi connectivity index (χ1) is 7.79. The molecule has 5 heteroatoms. The second kappa shape index (κ2) is 5.85. The molecule has 0 fully saturated rings. The normalized spacial score (nSPS) is 12.6. The van der Waals surface area contributed by atoms with Crippen LogP contribution in [0.1, 0.15) is 19.4 Å². The van der Waals surface area contributed by atoms with E-state index < -0.39 is 14.5 Å². The van der Waals surface area contributed by atoms with Gasteiger partial charge in [0.05, 0.1) is 19.0 Å². The molecule has 0 N–H and O–H groups in total. The Bertz CT molecular complexity index is 440. The smallest absolute Gasteiger partial charge is 0.233 e. The average Bonchev–Trinajstić information content (AvgIpc) is 2.15. The Morgan fingerprint density at radius 1 is 1.24 bits per heavy atom. The molecule has 0 bridgehead atoms. The van der Waals surface area contributed by atoms with Crippen molar-refractivity contribution in [3.05, 3.63) is 35.9 Å². The fraction of sp³-hybridized carbons (Fsp3) is 0.500. The second-order valence-corrected chi connectivity index (χ2v) is 7.60. The van der Waals surface area contributed by atoms with Gasteiger partial charge >= 0.3 is 0 Å². The van der Waals surface area contributed by atoms with Gasteiger partial charge in [0.1, 0.15) is 0 Å². The largest absolute Gasteiger partial charge is 0.376 e. The maximum absolute atomic E-state index is 11.0. The highest BCUT2D eigenvalue weighted by Gasteiger charge is 2.25. The van der Waals surface area contributed by atoms with Crippen molar-refractivity contribution in [3.63, 3.8) is 0 Å². The minimum atomic E-state index is -3.48. The molecule has 3 nitrogen and oxygen atoms in total. The van der Waals surface area contributed by atoms with E-state index in [1.54, 1.807) is 0 Å². The molecule has 96 valence electrons. The minimum absolute atomic E-state index is 0.0870. The molecule has 17 heavy (non-hydrogen) atoms. The molecule has 0 amide bonds. The topological polar surface area (TPSA) is 43.4 Å². The number of ether oxygens (including phenoxy) is 1. The maximum Gasteiger partial charge on any atom is 0.233 e. The van der Waals surface area contributed by atoms with Crippen molar-refractivity contribution in [1.29, 1.82) is 0 Å². The van der Waals surface area contributed by atoms with Crippen molar-refractivity contribution < 1.29 is 13.2 Å². The summed E-state index contributed by atoms with van der Waals surface area (Å²) < 4.78 is 27.5. The summed E-state index contributed by atoms with van der Waals surface area (Å²) in [6, 6.07) is 9.74. The van der Waals surface area contributed by atoms with Gasteiger partial charge < -0.3 is 4.74 Å². The zero-order valence-corrected chi connectivity index (χ0v) is 11.6. The number of hydrogen-bond acceptors (Lipinski definition) is 3. The first kappa shape index (κ1) is 14.5. The summed E-state index contributed by atoms with van der Waals surface area (Å²) in [4.78, 5) is 0. The zero-order chi connectivity index (χ0) is 12.9. The SMILES string of the molecule is CC(C)(COCc1ccccc1)CS(=O)(=O)Cl. The Morgan fingerprint density at radius 2 is 1.82 bits per heavy atom. The van der Waals surface area contributed by atoms with Gasteiger partial charge in [0, 0.05) is 16.1 Å². The predicted molar refractivity (Wildman–Crippen MR) is 69.5 cm³/mol. The molecular formula is C12H17ClO3S. The van der Waals surface area contributed by atoms with Gasteiger partial charge in [-0.2, -0.15) is 0 Å². The third-order valence-electron chi connectivity index (χ3n) is 2.17. The highest BCUT2D eigenvalue weighted by atomic mass is 35.7. The highest BCUT2D eigenvalue weighted by molar-refractivity contribution is 8.13. The van der Waals surface area contributed by atoms with Crippen molar-refractivity contribution in [2.45, 2.75) is 20.5 Å². The molecule has 0 aromatic heterocycles. The van der Waals surface area contributed by atoms with E-state index in [-0.39, 0.29) is 5.75 Å². The van der Waals surface area contributed by atoms with Gasteiger partial charge in [0.2, 0.25) is 9.05 Å². The molecule has 1 aromatic rings. The van der Waals surface area contributed by atoms with Crippen LogP contribution in [0.25, 0.3) is 0 Å². The number of halogens is 1. The van der Waals surface area contributed by atoms with Crippen molar-refractivity contribution in [2.75, 3.05) is 12.4 Å². The Morgan fingerprint density at radius 3 is 2.35 bits per heavy atom. The molecule has 0 spiro atoms. The zero-order valence-electron chi connectivity index (χ0n) is 10.0. The Labute approximate surface area is 107 Å². The molecule has 0 unspecified atom stereocenters. The van der Waals surface area contributed by atoms with E-state index in [1.807, 2.05) is 44.2 Å². The van der Waals surface area contributed by atoms with Crippen LogP contribution in [0.15, 0.2) is 30.3 Å². The monoisotopic (exact) mass is 276 g/mol. The molecule has 1 aromatic carbocycles. The van der Waals surface area contributed by atoms with Gasteiger partial charge in [0.25, 0.3) is 0 Å². The summed E-state index contributed by atoms with van der Waals surface area (Å²) in [6.45, 7) is 4.47. The first-order valence-electron chi connectivity index (χ1n) is 5.33. The van der Waals surface area contributed by atoms with Gasteiger partial charge in [-0.15, -0.1) is 0 Å². The molecule has 0 aliphatic carbocycles. The molecule has 0 heterocycles. The van der Waals surface area contributed by atoms with Crippen LogP contribution < -0.4 is 0 Å². The van der Waals surface area contributed by atoms with Crippen molar-refractivity contribution in [2.24, 2.45) is 5.41 Å². The molecule has 0 saturated heterocycles. The molecule has 0 atom stereocenters. The van der Waals surface area contributed by atoms with E-state index in [4.69, 9.17) is 15.4 Å². The third kappa shape index (κ3) is 6.66. The van der Waals surface area contributed by atoms with Gasteiger partial charge in [0.15, 0.2) is 0 Å². The van der Waals surface area contributed by atoms with Crippen LogP contribution in [-0.4, -0.2) is 20.8 Å². The van der Waals surface area contributed by atoms with Crippen LogP contribution in [0.4, 0.5) is 0 Å². The van der Waals surface area contributed by atoms with E-state index in [2.05, 4.69) is 0 Å². The van der Waals surface area contributed by atoms with E-state index in [0.717, 1.165) is 5.56 Å². The third-order valence-corrected chi connectivity index (χ3v) is 3.62. The lowest BCUT2D eigenvalue weighted by molar-refractivity contribution is 0.0614. The second-order valence-electron chi connectivity index (χ2n) is 4.83. The average molecular weight is 277 g/mol. The molecule has 0 aliphatic heterocycles. The lowest BCUT2D eigenvalue weighted by Gasteiger charge is -2.22. The summed E-state index contributed by atoms with van der Waals surface area (Å²) in [6.07, 6.45) is 0. The molecular weight excluding hydrogens is 260 g/mol. The first-order valence-corrected chi connectivity index (χ1v) is 7.80. The summed E-state index contributed by atoms with van der Waals surface area (Å²) in [7, 11) is 1.75. The van der Waals surface area contributed by atoms with Crippen LogP contribution in [-0.2, 0) is 20.4 Å². The number of benzene rings is 1. The molecule has 0 radical (unpaired) electrons. The standard InChI is InChI=1S/C12H17ClO3S/c1-12(2,10-17(13,14)15)9-16-8-11-6-4-3-5-7-11/h3-7H,8-10H2,1-2H3. The lowest BCUT2D eigenvalue weighted by Crippen LogP contribution is -2.26. The quantitative estimate of drug-likeness (QED) is 0.751. The van der Waals surface area contributed by atoms with Crippen molar-refractivity contribution in [1.82, 2.24) is 0 Å². The summed E-state index contributed by atoms with van der Waals surface area (Å²) in [5, 5.41) is 0. The van der Waals surface area contributed by atoms with Gasteiger partial charge in [-0.25, -0.2) is 8.42 Å². The number of hydrogen-bond donors (Lipinski definition) is 0. The van der Waals surface area contributed by atoms with E-state index in [0.29, 0.717) is 13.2 Å². The van der Waals surface area contributed by atoms with Crippen molar-refractivity contribution >= 4 is 19.7 Å². The van der Waals surface area contributed by atoms with Crippen LogP contribution in [0, 0.1) is 5.41 Å². The number of rotatable bonds is 6. The predicted octanol–water partition coefficient (Wildman–Crippen LogP) is 2.80. The Balaban J connectivity index is 2.40. The molecule has 0 saturated carbocycles. The highest BCUT2D eigenvalue weighted by Crippen LogP contribution is 2.21. The van der Waals surface area contributed by atoms with Crippen LogP contribution >= 0.6 is 10.7 Å².